The third-order valence-corrected chi connectivity index (χ3v) is 2.23. The number of carbonyl (C=O) groups is 2. The first kappa shape index (κ1) is 14.0. The summed E-state index contributed by atoms with van der Waals surface area (Å²) in [5.41, 5.74) is 0.387. The number of esters is 2. The van der Waals surface area contributed by atoms with Crippen LogP contribution in [0.25, 0.3) is 0 Å². The molecule has 18 heavy (non-hydrogen) atoms. The van der Waals surface area contributed by atoms with Crippen LogP contribution in [-0.4, -0.2) is 44.2 Å². The quantitative estimate of drug-likeness (QED) is 0.724. The topological polar surface area (TPSA) is 68.7 Å². The van der Waals surface area contributed by atoms with Crippen molar-refractivity contribution in [3.8, 4) is 0 Å². The summed E-state index contributed by atoms with van der Waals surface area (Å²) >= 11 is 0. The van der Waals surface area contributed by atoms with Crippen molar-refractivity contribution in [3.05, 3.63) is 23.9 Å². The van der Waals surface area contributed by atoms with Crippen LogP contribution in [0.2, 0.25) is 0 Å². The van der Waals surface area contributed by atoms with E-state index in [1.54, 1.807) is 31.0 Å². The van der Waals surface area contributed by atoms with Gasteiger partial charge in [0.05, 0.1) is 19.3 Å². The molecule has 0 radical (unpaired) electrons. The van der Waals surface area contributed by atoms with Gasteiger partial charge >= 0.3 is 11.9 Å². The summed E-state index contributed by atoms with van der Waals surface area (Å²) in [4.78, 5) is 28.4. The summed E-state index contributed by atoms with van der Waals surface area (Å²) in [5.74, 6) is -0.278. The summed E-state index contributed by atoms with van der Waals surface area (Å²) in [5, 5.41) is 0. The zero-order valence-corrected chi connectivity index (χ0v) is 10.7. The molecule has 98 valence electrons. The molecule has 0 aliphatic rings. The monoisotopic (exact) mass is 252 g/mol. The molecule has 0 bridgehead atoms. The van der Waals surface area contributed by atoms with Gasteiger partial charge in [-0.2, -0.15) is 0 Å². The first-order valence-corrected chi connectivity index (χ1v) is 5.49. The molecule has 0 aliphatic carbocycles. The van der Waals surface area contributed by atoms with Gasteiger partial charge in [0.25, 0.3) is 0 Å². The Hall–Kier alpha value is -2.11. The lowest BCUT2D eigenvalue weighted by molar-refractivity contribution is -0.141. The minimum Gasteiger partial charge on any atom is -0.465 e. The Morgan fingerprint density at radius 2 is 2.17 bits per heavy atom. The lowest BCUT2D eigenvalue weighted by Gasteiger charge is -2.17. The van der Waals surface area contributed by atoms with Crippen molar-refractivity contribution in [2.45, 2.75) is 6.92 Å². The number of methoxy groups -OCH3 is 1. The second kappa shape index (κ2) is 6.58. The van der Waals surface area contributed by atoms with E-state index in [2.05, 4.69) is 9.72 Å². The minimum atomic E-state index is -0.441. The molecule has 0 unspecified atom stereocenters. The molecule has 0 fully saturated rings. The van der Waals surface area contributed by atoms with Gasteiger partial charge in [-0.3, -0.25) is 4.79 Å². The number of hydrogen-bond acceptors (Lipinski definition) is 6. The van der Waals surface area contributed by atoms with Crippen LogP contribution in [0.3, 0.4) is 0 Å². The summed E-state index contributed by atoms with van der Waals surface area (Å²) in [6.45, 7) is 2.15. The van der Waals surface area contributed by atoms with E-state index >= 15 is 0 Å². The van der Waals surface area contributed by atoms with Gasteiger partial charge in [-0.05, 0) is 19.1 Å². The Morgan fingerprint density at radius 3 is 2.78 bits per heavy atom. The fourth-order valence-electron chi connectivity index (χ4n) is 1.35. The fraction of sp³-hybridized carbons (Fsp3) is 0.417. The highest BCUT2D eigenvalue weighted by Crippen LogP contribution is 2.11. The van der Waals surface area contributed by atoms with Gasteiger partial charge in [-0.15, -0.1) is 0 Å². The van der Waals surface area contributed by atoms with Crippen LogP contribution in [0.5, 0.6) is 0 Å². The van der Waals surface area contributed by atoms with Gasteiger partial charge in [0.1, 0.15) is 12.4 Å². The van der Waals surface area contributed by atoms with Crippen molar-refractivity contribution in [2.75, 3.05) is 32.2 Å². The van der Waals surface area contributed by atoms with Gasteiger partial charge in [0, 0.05) is 13.2 Å². The molecule has 0 atom stereocenters. The van der Waals surface area contributed by atoms with E-state index in [1.165, 1.54) is 13.3 Å². The molecule has 1 aromatic heterocycles. The van der Waals surface area contributed by atoms with Crippen LogP contribution in [0.4, 0.5) is 5.82 Å². The van der Waals surface area contributed by atoms with Gasteiger partial charge in [-0.1, -0.05) is 0 Å². The number of rotatable bonds is 5. The number of likely N-dealkylation sites (N-methyl/N-ethyl adjacent to an activating group) is 1. The second-order valence-electron chi connectivity index (χ2n) is 3.56. The zero-order chi connectivity index (χ0) is 13.5. The third-order valence-electron chi connectivity index (χ3n) is 2.23. The van der Waals surface area contributed by atoms with Crippen LogP contribution in [0.1, 0.15) is 17.3 Å². The average Bonchev–Trinajstić information content (AvgIpc) is 2.38. The van der Waals surface area contributed by atoms with Crippen molar-refractivity contribution in [2.24, 2.45) is 0 Å². The van der Waals surface area contributed by atoms with E-state index in [1.807, 2.05) is 0 Å². The Morgan fingerprint density at radius 1 is 1.44 bits per heavy atom. The Balaban J connectivity index is 2.76. The molecule has 0 spiro atoms. The SMILES string of the molecule is CCOC(=O)CN(C)c1cc(C(=O)OC)ccn1. The Bertz CT molecular complexity index is 434. The van der Waals surface area contributed by atoms with Gasteiger partial charge in [-0.25, -0.2) is 9.78 Å². The largest absolute Gasteiger partial charge is 0.465 e. The number of nitrogens with zero attached hydrogens (tertiary/aromatic N) is 2. The highest BCUT2D eigenvalue weighted by atomic mass is 16.5. The van der Waals surface area contributed by atoms with E-state index in [0.717, 1.165) is 0 Å². The lowest BCUT2D eigenvalue weighted by Crippen LogP contribution is -2.28. The zero-order valence-electron chi connectivity index (χ0n) is 10.7. The maximum Gasteiger partial charge on any atom is 0.338 e. The minimum absolute atomic E-state index is 0.0749. The van der Waals surface area contributed by atoms with Gasteiger partial charge in [0.2, 0.25) is 0 Å². The second-order valence-corrected chi connectivity index (χ2v) is 3.56. The molecule has 0 N–H and O–H groups in total. The maximum absolute atomic E-state index is 11.4. The number of pyridine rings is 1. The molecule has 1 rings (SSSR count). The number of hydrogen-bond donors (Lipinski definition) is 0. The Kier molecular flexibility index (Phi) is 5.10. The van der Waals surface area contributed by atoms with Crippen molar-refractivity contribution in [1.29, 1.82) is 0 Å². The van der Waals surface area contributed by atoms with Crippen LogP contribution in [0.15, 0.2) is 18.3 Å². The highest BCUT2D eigenvalue weighted by Gasteiger charge is 2.12. The summed E-state index contributed by atoms with van der Waals surface area (Å²) < 4.78 is 9.45. The van der Waals surface area contributed by atoms with E-state index < -0.39 is 5.97 Å². The van der Waals surface area contributed by atoms with Crippen LogP contribution in [-0.2, 0) is 14.3 Å². The van der Waals surface area contributed by atoms with Crippen molar-refractivity contribution < 1.29 is 19.1 Å². The first-order chi connectivity index (χ1) is 8.58. The average molecular weight is 252 g/mol. The fourth-order valence-corrected chi connectivity index (χ4v) is 1.35. The lowest BCUT2D eigenvalue weighted by atomic mass is 10.2. The summed E-state index contributed by atoms with van der Waals surface area (Å²) in [6.07, 6.45) is 1.49. The third kappa shape index (κ3) is 3.73. The molecule has 1 heterocycles. The number of carbonyl (C=O) groups excluding carboxylic acids is 2. The van der Waals surface area contributed by atoms with Crippen LogP contribution in [0, 0.1) is 0 Å². The van der Waals surface area contributed by atoms with Crippen LogP contribution < -0.4 is 4.90 Å². The molecular formula is C12H16N2O4. The summed E-state index contributed by atoms with van der Waals surface area (Å²) in [7, 11) is 3.01. The molecule has 0 amide bonds. The predicted octanol–water partition coefficient (Wildman–Crippen LogP) is 0.867. The van der Waals surface area contributed by atoms with Crippen molar-refractivity contribution >= 4 is 17.8 Å². The van der Waals surface area contributed by atoms with E-state index in [-0.39, 0.29) is 12.5 Å². The van der Waals surface area contributed by atoms with E-state index in [4.69, 9.17) is 4.74 Å². The molecule has 0 saturated heterocycles. The molecule has 6 nitrogen and oxygen atoms in total. The molecular weight excluding hydrogens is 236 g/mol. The van der Waals surface area contributed by atoms with E-state index in [9.17, 15) is 9.59 Å². The smallest absolute Gasteiger partial charge is 0.338 e. The van der Waals surface area contributed by atoms with Crippen molar-refractivity contribution in [3.63, 3.8) is 0 Å². The predicted molar refractivity (Wildman–Crippen MR) is 65.5 cm³/mol. The van der Waals surface area contributed by atoms with Gasteiger partial charge < -0.3 is 14.4 Å². The standard InChI is InChI=1S/C12H16N2O4/c1-4-18-11(15)8-14(2)10-7-9(5-6-13-10)12(16)17-3/h5-7H,4,8H2,1-3H3. The van der Waals surface area contributed by atoms with Gasteiger partial charge in [0.15, 0.2) is 0 Å². The summed E-state index contributed by atoms with van der Waals surface area (Å²) in [6, 6.07) is 3.11. The first-order valence-electron chi connectivity index (χ1n) is 5.49. The molecule has 0 saturated carbocycles. The molecule has 1 aromatic rings. The highest BCUT2D eigenvalue weighted by molar-refractivity contribution is 5.90. The normalized spacial score (nSPS) is 9.72. The van der Waals surface area contributed by atoms with E-state index in [0.29, 0.717) is 18.0 Å². The number of ether oxygens (including phenoxy) is 2. The molecule has 6 heteroatoms. The van der Waals surface area contributed by atoms with Crippen molar-refractivity contribution in [1.82, 2.24) is 4.98 Å². The number of aromatic nitrogens is 1. The molecule has 0 aliphatic heterocycles. The molecule has 0 aromatic carbocycles. The Labute approximate surface area is 106 Å². The number of anilines is 1. The maximum atomic E-state index is 11.4. The van der Waals surface area contributed by atoms with Crippen LogP contribution >= 0.6 is 0 Å².